The molecule has 0 saturated carbocycles. The van der Waals surface area contributed by atoms with Gasteiger partial charge in [0.15, 0.2) is 0 Å². The van der Waals surface area contributed by atoms with E-state index in [2.05, 4.69) is 4.90 Å². The van der Waals surface area contributed by atoms with E-state index in [9.17, 15) is 9.90 Å². The first-order valence-corrected chi connectivity index (χ1v) is 7.33. The molecular weight excluding hydrogens is 286 g/mol. The minimum absolute atomic E-state index is 0.0671. The van der Waals surface area contributed by atoms with E-state index in [1.54, 1.807) is 14.2 Å². The van der Waals surface area contributed by atoms with Gasteiger partial charge < -0.3 is 19.3 Å². The number of rotatable bonds is 5. The summed E-state index contributed by atoms with van der Waals surface area (Å²) in [6.45, 7) is 2.78. The van der Waals surface area contributed by atoms with Gasteiger partial charge in [-0.3, -0.25) is 9.69 Å². The third-order valence-electron chi connectivity index (χ3n) is 4.69. The minimum atomic E-state index is -0.749. The number of hydrogen-bond donors (Lipinski definition) is 1. The Morgan fingerprint density at radius 3 is 2.59 bits per heavy atom. The van der Waals surface area contributed by atoms with Crippen LogP contribution in [0.25, 0.3) is 0 Å². The van der Waals surface area contributed by atoms with Crippen LogP contribution in [-0.4, -0.2) is 56.5 Å². The molecule has 2 aliphatic rings. The molecule has 0 aromatic heterocycles. The van der Waals surface area contributed by atoms with E-state index in [4.69, 9.17) is 14.2 Å². The Hall–Kier alpha value is -1.79. The van der Waals surface area contributed by atoms with Crippen molar-refractivity contribution in [3.63, 3.8) is 0 Å². The van der Waals surface area contributed by atoms with Crippen LogP contribution in [0.1, 0.15) is 5.56 Å². The zero-order valence-electron chi connectivity index (χ0n) is 12.9. The number of methoxy groups -OCH3 is 2. The van der Waals surface area contributed by atoms with Gasteiger partial charge in [0.2, 0.25) is 0 Å². The van der Waals surface area contributed by atoms with Crippen LogP contribution in [0.3, 0.4) is 0 Å². The van der Waals surface area contributed by atoms with Crippen LogP contribution in [0.4, 0.5) is 0 Å². The number of carboxylic acids is 1. The quantitative estimate of drug-likeness (QED) is 0.882. The van der Waals surface area contributed by atoms with Crippen molar-refractivity contribution in [3.05, 3.63) is 23.8 Å². The lowest BCUT2D eigenvalue weighted by molar-refractivity contribution is -0.149. The Morgan fingerprint density at radius 2 is 2.05 bits per heavy atom. The molecule has 0 bridgehead atoms. The number of fused-ring (bicyclic) bond motifs is 1. The van der Waals surface area contributed by atoms with Crippen molar-refractivity contribution in [2.45, 2.75) is 6.54 Å². The molecule has 3 rings (SSSR count). The summed E-state index contributed by atoms with van der Waals surface area (Å²) < 4.78 is 16.0. The van der Waals surface area contributed by atoms with Gasteiger partial charge in [0.1, 0.15) is 16.9 Å². The molecule has 2 atom stereocenters. The molecule has 1 aromatic rings. The summed E-state index contributed by atoms with van der Waals surface area (Å²) in [6.07, 6.45) is 0. The molecule has 120 valence electrons. The van der Waals surface area contributed by atoms with Crippen LogP contribution in [0.5, 0.6) is 11.5 Å². The largest absolute Gasteiger partial charge is 0.497 e. The van der Waals surface area contributed by atoms with E-state index in [0.717, 1.165) is 23.6 Å². The summed E-state index contributed by atoms with van der Waals surface area (Å²) in [5, 5.41) is 9.58. The van der Waals surface area contributed by atoms with Gasteiger partial charge >= 0.3 is 5.97 Å². The van der Waals surface area contributed by atoms with Crippen molar-refractivity contribution in [1.29, 1.82) is 0 Å². The van der Waals surface area contributed by atoms with Crippen LogP contribution in [-0.2, 0) is 16.1 Å². The summed E-state index contributed by atoms with van der Waals surface area (Å²) in [4.78, 5) is 13.8. The second-order valence-corrected chi connectivity index (χ2v) is 6.06. The number of carboxylic acid groups (broad SMARTS) is 1. The average Bonchev–Trinajstić information content (AvgIpc) is 3.04. The zero-order chi connectivity index (χ0) is 15.7. The third kappa shape index (κ3) is 2.53. The fourth-order valence-corrected chi connectivity index (χ4v) is 3.48. The van der Waals surface area contributed by atoms with E-state index in [1.807, 2.05) is 18.2 Å². The first-order valence-electron chi connectivity index (χ1n) is 7.33. The number of carbonyl (C=O) groups is 1. The number of aliphatic carboxylic acids is 1. The van der Waals surface area contributed by atoms with Gasteiger partial charge in [0.25, 0.3) is 0 Å². The molecule has 0 unspecified atom stereocenters. The molecule has 1 aromatic carbocycles. The Labute approximate surface area is 129 Å². The van der Waals surface area contributed by atoms with Crippen LogP contribution in [0.15, 0.2) is 18.2 Å². The van der Waals surface area contributed by atoms with E-state index < -0.39 is 11.4 Å². The highest BCUT2D eigenvalue weighted by Crippen LogP contribution is 2.42. The maximum absolute atomic E-state index is 11.7. The molecule has 22 heavy (non-hydrogen) atoms. The average molecular weight is 307 g/mol. The molecule has 0 radical (unpaired) electrons. The molecule has 6 heteroatoms. The maximum atomic E-state index is 11.7. The van der Waals surface area contributed by atoms with Crippen molar-refractivity contribution < 1.29 is 24.1 Å². The van der Waals surface area contributed by atoms with Crippen molar-refractivity contribution >= 4 is 5.97 Å². The molecule has 0 spiro atoms. The number of benzene rings is 1. The fraction of sp³-hybridized carbons (Fsp3) is 0.562. The van der Waals surface area contributed by atoms with Crippen LogP contribution >= 0.6 is 0 Å². The molecule has 2 fully saturated rings. The van der Waals surface area contributed by atoms with Crippen LogP contribution < -0.4 is 9.47 Å². The lowest BCUT2D eigenvalue weighted by Gasteiger charge is -2.22. The van der Waals surface area contributed by atoms with Crippen LogP contribution in [0, 0.1) is 11.3 Å². The Balaban J connectivity index is 1.76. The SMILES string of the molecule is COc1cc(CN2C[C@@H]3COC[C@]3(C(=O)O)C2)cc(OC)c1. The lowest BCUT2D eigenvalue weighted by atomic mass is 9.81. The van der Waals surface area contributed by atoms with Gasteiger partial charge in [-0.1, -0.05) is 0 Å². The van der Waals surface area contributed by atoms with Gasteiger partial charge in [0, 0.05) is 31.6 Å². The van der Waals surface area contributed by atoms with Crippen molar-refractivity contribution in [2.75, 3.05) is 40.5 Å². The predicted octanol–water partition coefficient (Wildman–Crippen LogP) is 1.24. The second kappa shape index (κ2) is 5.78. The van der Waals surface area contributed by atoms with Crippen LogP contribution in [0.2, 0.25) is 0 Å². The summed E-state index contributed by atoms with van der Waals surface area (Å²) >= 11 is 0. The number of likely N-dealkylation sites (tertiary alicyclic amines) is 1. The lowest BCUT2D eigenvalue weighted by Crippen LogP contribution is -2.38. The maximum Gasteiger partial charge on any atom is 0.313 e. The van der Waals surface area contributed by atoms with Gasteiger partial charge in [-0.05, 0) is 17.7 Å². The molecule has 2 aliphatic heterocycles. The summed E-state index contributed by atoms with van der Waals surface area (Å²) in [7, 11) is 3.24. The highest BCUT2D eigenvalue weighted by atomic mass is 16.5. The minimum Gasteiger partial charge on any atom is -0.497 e. The second-order valence-electron chi connectivity index (χ2n) is 6.06. The molecule has 2 heterocycles. The topological polar surface area (TPSA) is 68.2 Å². The van der Waals surface area contributed by atoms with Gasteiger partial charge in [-0.2, -0.15) is 0 Å². The Bertz CT molecular complexity index is 553. The summed E-state index contributed by atoms with van der Waals surface area (Å²) in [5.41, 5.74) is 0.306. The molecule has 2 saturated heterocycles. The highest BCUT2D eigenvalue weighted by Gasteiger charge is 2.55. The Kier molecular flexibility index (Phi) is 3.97. The number of ether oxygens (including phenoxy) is 3. The number of nitrogens with zero attached hydrogens (tertiary/aromatic N) is 1. The third-order valence-corrected chi connectivity index (χ3v) is 4.69. The van der Waals surface area contributed by atoms with Crippen molar-refractivity contribution in [2.24, 2.45) is 11.3 Å². The summed E-state index contributed by atoms with van der Waals surface area (Å²) in [5.74, 6) is 0.799. The first-order chi connectivity index (χ1) is 10.6. The molecule has 0 aliphatic carbocycles. The van der Waals surface area contributed by atoms with Gasteiger partial charge in [-0.25, -0.2) is 0 Å². The van der Waals surface area contributed by atoms with E-state index >= 15 is 0 Å². The molecule has 0 amide bonds. The molecule has 1 N–H and O–H groups in total. The molecular formula is C16H21NO5. The van der Waals surface area contributed by atoms with Gasteiger partial charge in [-0.15, -0.1) is 0 Å². The monoisotopic (exact) mass is 307 g/mol. The van der Waals surface area contributed by atoms with Crippen molar-refractivity contribution in [1.82, 2.24) is 4.90 Å². The summed E-state index contributed by atoms with van der Waals surface area (Å²) in [6, 6.07) is 5.75. The zero-order valence-corrected chi connectivity index (χ0v) is 12.9. The predicted molar refractivity (Wildman–Crippen MR) is 79.2 cm³/mol. The van der Waals surface area contributed by atoms with E-state index in [-0.39, 0.29) is 5.92 Å². The van der Waals surface area contributed by atoms with Gasteiger partial charge in [0.05, 0.1) is 27.4 Å². The standard InChI is InChI=1S/C16H21NO5/c1-20-13-3-11(4-14(5-13)21-2)6-17-7-12-8-22-10-16(12,9-17)15(18)19/h3-5,12H,6-10H2,1-2H3,(H,18,19)/t12-,16-/m1/s1. The van der Waals surface area contributed by atoms with E-state index in [1.165, 1.54) is 0 Å². The fourth-order valence-electron chi connectivity index (χ4n) is 3.48. The first kappa shape index (κ1) is 15.1. The normalized spacial score (nSPS) is 27.6. The molecule has 6 nitrogen and oxygen atoms in total. The van der Waals surface area contributed by atoms with Crippen molar-refractivity contribution in [3.8, 4) is 11.5 Å². The smallest absolute Gasteiger partial charge is 0.313 e. The number of hydrogen-bond acceptors (Lipinski definition) is 5. The van der Waals surface area contributed by atoms with E-state index in [0.29, 0.717) is 26.3 Å². The Morgan fingerprint density at radius 1 is 1.36 bits per heavy atom. The highest BCUT2D eigenvalue weighted by molar-refractivity contribution is 5.76.